The van der Waals surface area contributed by atoms with E-state index in [1.165, 1.54) is 13.2 Å². The molecule has 0 aliphatic carbocycles. The van der Waals surface area contributed by atoms with Crippen LogP contribution < -0.4 is 10.4 Å². The second-order valence-corrected chi connectivity index (χ2v) is 2.64. The minimum atomic E-state index is -0.434. The van der Waals surface area contributed by atoms with Gasteiger partial charge < -0.3 is 14.3 Å². The highest BCUT2D eigenvalue weighted by Gasteiger charge is 2.09. The fourth-order valence-corrected chi connectivity index (χ4v) is 1.20. The van der Waals surface area contributed by atoms with Gasteiger partial charge in [0, 0.05) is 18.6 Å². The number of aliphatic hydroxyl groups is 1. The molecule has 13 heavy (non-hydrogen) atoms. The van der Waals surface area contributed by atoms with Crippen molar-refractivity contribution in [3.63, 3.8) is 0 Å². The minimum absolute atomic E-state index is 0.00488. The zero-order valence-electron chi connectivity index (χ0n) is 7.66. The van der Waals surface area contributed by atoms with Crippen LogP contribution in [0.1, 0.15) is 11.3 Å². The molecule has 1 heterocycles. The Kier molecular flexibility index (Phi) is 3.08. The van der Waals surface area contributed by atoms with E-state index in [9.17, 15) is 4.79 Å². The van der Waals surface area contributed by atoms with Crippen LogP contribution in [-0.4, -0.2) is 18.8 Å². The summed E-state index contributed by atoms with van der Waals surface area (Å²) >= 11 is 0. The summed E-state index contributed by atoms with van der Waals surface area (Å²) in [5, 5.41) is 8.76. The monoisotopic (exact) mass is 184 g/mol. The van der Waals surface area contributed by atoms with E-state index >= 15 is 0 Å². The molecule has 0 amide bonds. The maximum Gasteiger partial charge on any atom is 0.339 e. The molecule has 4 heteroatoms. The van der Waals surface area contributed by atoms with E-state index in [1.54, 1.807) is 6.92 Å². The molecule has 0 aliphatic rings. The van der Waals surface area contributed by atoms with Crippen LogP contribution in [0.5, 0.6) is 5.75 Å². The van der Waals surface area contributed by atoms with Gasteiger partial charge >= 0.3 is 5.63 Å². The molecule has 0 radical (unpaired) electrons. The standard InChI is InChI=1S/C9H12O4/c1-6-7(3-4-10)8(12-2)5-9(11)13-6/h5,10H,3-4H2,1-2H3. The highest BCUT2D eigenvalue weighted by atomic mass is 16.5. The van der Waals surface area contributed by atoms with E-state index in [0.717, 1.165) is 5.56 Å². The van der Waals surface area contributed by atoms with Crippen molar-refractivity contribution in [3.8, 4) is 5.75 Å². The van der Waals surface area contributed by atoms with Crippen molar-refractivity contribution in [3.05, 3.63) is 27.8 Å². The lowest BCUT2D eigenvalue weighted by Crippen LogP contribution is -2.06. The molecule has 0 unspecified atom stereocenters. The molecule has 1 rings (SSSR count). The fourth-order valence-electron chi connectivity index (χ4n) is 1.20. The Morgan fingerprint density at radius 2 is 2.31 bits per heavy atom. The summed E-state index contributed by atoms with van der Waals surface area (Å²) < 4.78 is 9.85. The molecule has 1 aromatic heterocycles. The largest absolute Gasteiger partial charge is 0.496 e. The average Bonchev–Trinajstić information content (AvgIpc) is 2.09. The third-order valence-electron chi connectivity index (χ3n) is 1.81. The van der Waals surface area contributed by atoms with Gasteiger partial charge in [-0.3, -0.25) is 0 Å². The van der Waals surface area contributed by atoms with E-state index in [1.807, 2.05) is 0 Å². The molecule has 0 fully saturated rings. The van der Waals surface area contributed by atoms with Gasteiger partial charge in [0.1, 0.15) is 11.5 Å². The molecule has 0 atom stereocenters. The first-order chi connectivity index (χ1) is 6.19. The Morgan fingerprint density at radius 3 is 2.85 bits per heavy atom. The second kappa shape index (κ2) is 4.09. The molecule has 0 spiro atoms. The van der Waals surface area contributed by atoms with Crippen LogP contribution in [-0.2, 0) is 6.42 Å². The van der Waals surface area contributed by atoms with Crippen LogP contribution in [0.2, 0.25) is 0 Å². The lowest BCUT2D eigenvalue weighted by Gasteiger charge is -2.07. The summed E-state index contributed by atoms with van der Waals surface area (Å²) in [5.74, 6) is 0.973. The number of methoxy groups -OCH3 is 1. The van der Waals surface area contributed by atoms with Crippen molar-refractivity contribution in [2.24, 2.45) is 0 Å². The molecule has 4 nitrogen and oxygen atoms in total. The van der Waals surface area contributed by atoms with Gasteiger partial charge in [-0.1, -0.05) is 0 Å². The summed E-state index contributed by atoms with van der Waals surface area (Å²) in [6, 6.07) is 1.28. The normalized spacial score (nSPS) is 10.1. The lowest BCUT2D eigenvalue weighted by molar-refractivity contribution is 0.293. The van der Waals surface area contributed by atoms with Crippen LogP contribution in [0.25, 0.3) is 0 Å². The number of aryl methyl sites for hydroxylation is 1. The maximum atomic E-state index is 10.9. The number of rotatable bonds is 3. The van der Waals surface area contributed by atoms with Crippen LogP contribution in [0.15, 0.2) is 15.3 Å². The van der Waals surface area contributed by atoms with E-state index in [4.69, 9.17) is 14.3 Å². The Labute approximate surface area is 75.8 Å². The van der Waals surface area contributed by atoms with Gasteiger partial charge in [0.2, 0.25) is 0 Å². The van der Waals surface area contributed by atoms with Crippen molar-refractivity contribution in [1.29, 1.82) is 0 Å². The number of hydrogen-bond acceptors (Lipinski definition) is 4. The molecule has 0 aromatic carbocycles. The third-order valence-corrected chi connectivity index (χ3v) is 1.81. The van der Waals surface area contributed by atoms with Gasteiger partial charge in [0.05, 0.1) is 13.2 Å². The van der Waals surface area contributed by atoms with E-state index in [2.05, 4.69) is 0 Å². The number of aliphatic hydroxyl groups excluding tert-OH is 1. The first-order valence-corrected chi connectivity index (χ1v) is 3.97. The predicted octanol–water partition coefficient (Wildman–Crippen LogP) is 0.492. The molecule has 0 saturated carbocycles. The third kappa shape index (κ3) is 2.09. The Morgan fingerprint density at radius 1 is 1.62 bits per heavy atom. The molecule has 0 aliphatic heterocycles. The van der Waals surface area contributed by atoms with E-state index in [0.29, 0.717) is 17.9 Å². The Balaban J connectivity index is 3.21. The number of hydrogen-bond donors (Lipinski definition) is 1. The van der Waals surface area contributed by atoms with Crippen molar-refractivity contribution < 1.29 is 14.3 Å². The molecular formula is C9H12O4. The first kappa shape index (κ1) is 9.80. The Bertz CT molecular complexity index is 340. The van der Waals surface area contributed by atoms with Crippen LogP contribution >= 0.6 is 0 Å². The molecule has 0 saturated heterocycles. The van der Waals surface area contributed by atoms with Gasteiger partial charge in [0.25, 0.3) is 0 Å². The minimum Gasteiger partial charge on any atom is -0.496 e. The first-order valence-electron chi connectivity index (χ1n) is 3.97. The van der Waals surface area contributed by atoms with Crippen LogP contribution in [0.3, 0.4) is 0 Å². The van der Waals surface area contributed by atoms with Gasteiger partial charge in [-0.15, -0.1) is 0 Å². The predicted molar refractivity (Wildman–Crippen MR) is 47.1 cm³/mol. The molecular weight excluding hydrogens is 172 g/mol. The average molecular weight is 184 g/mol. The fraction of sp³-hybridized carbons (Fsp3) is 0.444. The van der Waals surface area contributed by atoms with Crippen LogP contribution in [0, 0.1) is 6.92 Å². The second-order valence-electron chi connectivity index (χ2n) is 2.64. The topological polar surface area (TPSA) is 59.7 Å². The van der Waals surface area contributed by atoms with E-state index < -0.39 is 5.63 Å². The SMILES string of the molecule is COc1cc(=O)oc(C)c1CCO. The van der Waals surface area contributed by atoms with E-state index in [-0.39, 0.29) is 6.61 Å². The Hall–Kier alpha value is -1.29. The van der Waals surface area contributed by atoms with Gasteiger partial charge in [0.15, 0.2) is 0 Å². The summed E-state index contributed by atoms with van der Waals surface area (Å²) in [6.07, 6.45) is 0.429. The summed E-state index contributed by atoms with van der Waals surface area (Å²) in [5.41, 5.74) is 0.306. The summed E-state index contributed by atoms with van der Waals surface area (Å²) in [6.45, 7) is 1.68. The maximum absolute atomic E-state index is 10.9. The quantitative estimate of drug-likeness (QED) is 0.742. The van der Waals surface area contributed by atoms with Crippen molar-refractivity contribution in [1.82, 2.24) is 0 Å². The van der Waals surface area contributed by atoms with Crippen LogP contribution in [0.4, 0.5) is 0 Å². The smallest absolute Gasteiger partial charge is 0.339 e. The van der Waals surface area contributed by atoms with Crippen molar-refractivity contribution in [2.75, 3.05) is 13.7 Å². The van der Waals surface area contributed by atoms with Crippen molar-refractivity contribution >= 4 is 0 Å². The summed E-state index contributed by atoms with van der Waals surface area (Å²) in [7, 11) is 1.48. The summed E-state index contributed by atoms with van der Waals surface area (Å²) in [4.78, 5) is 10.9. The zero-order valence-corrected chi connectivity index (χ0v) is 7.66. The number of ether oxygens (including phenoxy) is 1. The highest BCUT2D eigenvalue weighted by molar-refractivity contribution is 5.33. The lowest BCUT2D eigenvalue weighted by atomic mass is 10.1. The van der Waals surface area contributed by atoms with Crippen molar-refractivity contribution in [2.45, 2.75) is 13.3 Å². The highest BCUT2D eigenvalue weighted by Crippen LogP contribution is 2.19. The zero-order chi connectivity index (χ0) is 9.84. The molecule has 1 aromatic rings. The molecule has 0 bridgehead atoms. The van der Waals surface area contributed by atoms with Gasteiger partial charge in [-0.05, 0) is 6.92 Å². The molecule has 1 N–H and O–H groups in total. The van der Waals surface area contributed by atoms with Gasteiger partial charge in [-0.2, -0.15) is 0 Å². The molecule has 72 valence electrons. The van der Waals surface area contributed by atoms with Gasteiger partial charge in [-0.25, -0.2) is 4.79 Å².